The summed E-state index contributed by atoms with van der Waals surface area (Å²) in [4.78, 5) is 13.5. The summed E-state index contributed by atoms with van der Waals surface area (Å²) in [6, 6.07) is 1.85. The van der Waals surface area contributed by atoms with Crippen LogP contribution in [-0.2, 0) is 0 Å². The molecule has 0 aromatic carbocycles. The molecule has 0 aliphatic heterocycles. The minimum Gasteiger partial charge on any atom is -0.384 e. The molecule has 0 aliphatic carbocycles. The van der Waals surface area contributed by atoms with Crippen LogP contribution >= 0.6 is 23.1 Å². The quantitative estimate of drug-likeness (QED) is 0.820. The topological polar surface area (TPSA) is 49.3 Å². The van der Waals surface area contributed by atoms with Crippen molar-refractivity contribution in [3.63, 3.8) is 0 Å². The molecule has 0 radical (unpaired) electrons. The van der Waals surface area contributed by atoms with Gasteiger partial charge in [-0.2, -0.15) is 11.8 Å². The zero-order valence-electron chi connectivity index (χ0n) is 11.4. The van der Waals surface area contributed by atoms with E-state index in [0.717, 1.165) is 16.9 Å². The highest BCUT2D eigenvalue weighted by Gasteiger charge is 2.11. The zero-order chi connectivity index (χ0) is 14.3. The smallest absolute Gasteiger partial charge is 0.261 e. The highest BCUT2D eigenvalue weighted by molar-refractivity contribution is 7.99. The third-order valence-corrected chi connectivity index (χ3v) is 4.85. The van der Waals surface area contributed by atoms with Crippen LogP contribution in [-0.4, -0.2) is 35.7 Å². The highest BCUT2D eigenvalue weighted by atomic mass is 32.2. The fourth-order valence-corrected chi connectivity index (χ4v) is 2.75. The molecule has 1 unspecified atom stereocenters. The van der Waals surface area contributed by atoms with Crippen LogP contribution in [0, 0.1) is 18.8 Å². The van der Waals surface area contributed by atoms with Crippen LogP contribution in [0.15, 0.2) is 6.07 Å². The maximum atomic E-state index is 11.9. The second-order valence-corrected chi connectivity index (χ2v) is 6.50. The third-order valence-electron chi connectivity index (χ3n) is 2.66. The molecule has 5 heteroatoms. The van der Waals surface area contributed by atoms with Crippen LogP contribution in [0.5, 0.6) is 0 Å². The van der Waals surface area contributed by atoms with E-state index in [2.05, 4.69) is 30.3 Å². The van der Waals surface area contributed by atoms with Crippen molar-refractivity contribution < 1.29 is 9.90 Å². The Hall–Kier alpha value is -0.960. The summed E-state index contributed by atoms with van der Waals surface area (Å²) >= 11 is 3.17. The van der Waals surface area contributed by atoms with Crippen LogP contribution in [0.1, 0.15) is 33.5 Å². The number of carbonyl (C=O) groups is 1. The maximum Gasteiger partial charge on any atom is 0.261 e. The molecule has 1 aromatic rings. The van der Waals surface area contributed by atoms with E-state index in [-0.39, 0.29) is 12.5 Å². The lowest BCUT2D eigenvalue weighted by atomic mass is 10.2. The van der Waals surface area contributed by atoms with E-state index in [1.165, 1.54) is 11.3 Å². The van der Waals surface area contributed by atoms with E-state index >= 15 is 0 Å². The van der Waals surface area contributed by atoms with Gasteiger partial charge >= 0.3 is 0 Å². The molecule has 19 heavy (non-hydrogen) atoms. The second-order valence-electron chi connectivity index (χ2n) is 4.17. The average molecular weight is 297 g/mol. The van der Waals surface area contributed by atoms with Crippen molar-refractivity contribution in [3.05, 3.63) is 21.4 Å². The molecule has 1 atom stereocenters. The normalized spacial score (nSPS) is 11.6. The summed E-state index contributed by atoms with van der Waals surface area (Å²) in [5.41, 5.74) is 0.980. The largest absolute Gasteiger partial charge is 0.384 e. The number of rotatable bonds is 5. The first kappa shape index (κ1) is 16.1. The standard InChI is InChI=1S/C14H19NO2S2/c1-10-9-13(19-12(10)5-4-8-16)14(17)15-7-6-11(2)18-3/h9,11,16H,6-8H2,1-3H3,(H,15,17). The van der Waals surface area contributed by atoms with Gasteiger partial charge < -0.3 is 10.4 Å². The molecule has 2 N–H and O–H groups in total. The molecule has 1 heterocycles. The van der Waals surface area contributed by atoms with Crippen molar-refractivity contribution in [2.75, 3.05) is 19.4 Å². The number of hydrogen-bond donors (Lipinski definition) is 2. The first-order valence-electron chi connectivity index (χ1n) is 6.09. The van der Waals surface area contributed by atoms with E-state index in [1.54, 1.807) is 11.8 Å². The van der Waals surface area contributed by atoms with Gasteiger partial charge in [0.15, 0.2) is 0 Å². The number of amides is 1. The summed E-state index contributed by atoms with van der Waals surface area (Å²) in [5, 5.41) is 12.1. The molecule has 1 aromatic heterocycles. The lowest BCUT2D eigenvalue weighted by Crippen LogP contribution is -2.25. The van der Waals surface area contributed by atoms with E-state index in [9.17, 15) is 4.79 Å². The Labute approximate surface area is 122 Å². The molecule has 0 spiro atoms. The molecule has 0 aliphatic rings. The first-order chi connectivity index (χ1) is 9.08. The van der Waals surface area contributed by atoms with Crippen LogP contribution < -0.4 is 5.32 Å². The Kier molecular flexibility index (Phi) is 7.00. The third kappa shape index (κ3) is 5.27. The van der Waals surface area contributed by atoms with Crippen molar-refractivity contribution in [2.45, 2.75) is 25.5 Å². The monoisotopic (exact) mass is 297 g/mol. The Morgan fingerprint density at radius 2 is 2.37 bits per heavy atom. The molecule has 0 fully saturated rings. The Morgan fingerprint density at radius 1 is 1.63 bits per heavy atom. The van der Waals surface area contributed by atoms with Crippen LogP contribution in [0.4, 0.5) is 0 Å². The number of carbonyl (C=O) groups excluding carboxylic acids is 1. The van der Waals surface area contributed by atoms with Crippen molar-refractivity contribution >= 4 is 29.0 Å². The van der Waals surface area contributed by atoms with Gasteiger partial charge in [0.05, 0.1) is 9.75 Å². The van der Waals surface area contributed by atoms with E-state index in [4.69, 9.17) is 5.11 Å². The fourth-order valence-electron chi connectivity index (χ4n) is 1.43. The van der Waals surface area contributed by atoms with E-state index < -0.39 is 0 Å². The van der Waals surface area contributed by atoms with Gasteiger partial charge in [0, 0.05) is 11.8 Å². The van der Waals surface area contributed by atoms with Gasteiger partial charge in [-0.1, -0.05) is 18.8 Å². The van der Waals surface area contributed by atoms with Gasteiger partial charge in [-0.3, -0.25) is 4.79 Å². The molecule has 104 valence electrons. The van der Waals surface area contributed by atoms with Gasteiger partial charge in [-0.15, -0.1) is 11.3 Å². The first-order valence-corrected chi connectivity index (χ1v) is 8.20. The Balaban J connectivity index is 2.58. The lowest BCUT2D eigenvalue weighted by molar-refractivity contribution is 0.0957. The Morgan fingerprint density at radius 3 is 3.00 bits per heavy atom. The fraction of sp³-hybridized carbons (Fsp3) is 0.500. The molecular formula is C14H19NO2S2. The molecule has 1 amide bonds. The number of thiophene rings is 1. The van der Waals surface area contributed by atoms with Crippen molar-refractivity contribution in [2.24, 2.45) is 0 Å². The van der Waals surface area contributed by atoms with E-state index in [0.29, 0.717) is 16.7 Å². The average Bonchev–Trinajstić information content (AvgIpc) is 2.77. The maximum absolute atomic E-state index is 11.9. The summed E-state index contributed by atoms with van der Waals surface area (Å²) in [6.07, 6.45) is 3.04. The summed E-state index contributed by atoms with van der Waals surface area (Å²) < 4.78 is 0. The molecule has 0 bridgehead atoms. The predicted octanol–water partition coefficient (Wildman–Crippen LogP) is 2.27. The number of aliphatic hydroxyl groups is 1. The molecule has 0 saturated heterocycles. The van der Waals surface area contributed by atoms with E-state index in [1.807, 2.05) is 13.0 Å². The summed E-state index contributed by atoms with van der Waals surface area (Å²) in [6.45, 7) is 4.60. The molecule has 1 rings (SSSR count). The van der Waals surface area contributed by atoms with Crippen molar-refractivity contribution in [3.8, 4) is 11.8 Å². The lowest BCUT2D eigenvalue weighted by Gasteiger charge is -2.08. The number of thioether (sulfide) groups is 1. The summed E-state index contributed by atoms with van der Waals surface area (Å²) in [7, 11) is 0. The summed E-state index contributed by atoms with van der Waals surface area (Å²) in [5.74, 6) is 5.42. The molecular weight excluding hydrogens is 278 g/mol. The van der Waals surface area contributed by atoms with Crippen molar-refractivity contribution in [1.29, 1.82) is 0 Å². The molecule has 3 nitrogen and oxygen atoms in total. The molecule has 0 saturated carbocycles. The predicted molar refractivity (Wildman–Crippen MR) is 82.9 cm³/mol. The van der Waals surface area contributed by atoms with Gasteiger partial charge in [0.1, 0.15) is 6.61 Å². The number of hydrogen-bond acceptors (Lipinski definition) is 4. The number of aryl methyl sites for hydroxylation is 1. The highest BCUT2D eigenvalue weighted by Crippen LogP contribution is 2.20. The van der Waals surface area contributed by atoms with Crippen LogP contribution in [0.25, 0.3) is 0 Å². The van der Waals surface area contributed by atoms with Crippen LogP contribution in [0.2, 0.25) is 0 Å². The minimum atomic E-state index is -0.161. The van der Waals surface area contributed by atoms with Crippen LogP contribution in [0.3, 0.4) is 0 Å². The van der Waals surface area contributed by atoms with Gasteiger partial charge in [0.25, 0.3) is 5.91 Å². The SMILES string of the molecule is CSC(C)CCNC(=O)c1cc(C)c(C#CCO)s1. The van der Waals surface area contributed by atoms with Gasteiger partial charge in [-0.05, 0) is 31.2 Å². The number of aliphatic hydroxyl groups excluding tert-OH is 1. The minimum absolute atomic E-state index is 0.0431. The Bertz CT molecular complexity index is 485. The van der Waals surface area contributed by atoms with Gasteiger partial charge in [-0.25, -0.2) is 0 Å². The number of nitrogens with one attached hydrogen (secondary N) is 1. The van der Waals surface area contributed by atoms with Gasteiger partial charge in [0.2, 0.25) is 0 Å². The zero-order valence-corrected chi connectivity index (χ0v) is 13.1. The van der Waals surface area contributed by atoms with Crippen molar-refractivity contribution in [1.82, 2.24) is 5.32 Å². The second kappa shape index (κ2) is 8.26.